The number of rotatable bonds is 6. The summed E-state index contributed by atoms with van der Waals surface area (Å²) in [6.07, 6.45) is 6.29. The first-order chi connectivity index (χ1) is 9.68. The lowest BCUT2D eigenvalue weighted by molar-refractivity contribution is -0.124. The Morgan fingerprint density at radius 2 is 2.10 bits per heavy atom. The fourth-order valence-corrected chi connectivity index (χ4v) is 4.14. The molecular weight excluding hydrogens is 304 g/mol. The van der Waals surface area contributed by atoms with Gasteiger partial charge < -0.3 is 10.6 Å². The zero-order valence-corrected chi connectivity index (χ0v) is 14.6. The van der Waals surface area contributed by atoms with Crippen molar-refractivity contribution in [1.82, 2.24) is 10.6 Å². The third kappa shape index (κ3) is 4.70. The predicted octanol–water partition coefficient (Wildman–Crippen LogP) is 3.34. The molecule has 5 heteroatoms. The van der Waals surface area contributed by atoms with Crippen molar-refractivity contribution < 1.29 is 4.79 Å². The van der Waals surface area contributed by atoms with Crippen LogP contribution in [-0.2, 0) is 10.2 Å². The molecular formula is C16H27ClN2OS. The molecule has 2 rings (SSSR count). The lowest BCUT2D eigenvalue weighted by atomic mass is 9.73. The van der Waals surface area contributed by atoms with Gasteiger partial charge in [-0.1, -0.05) is 32.3 Å². The summed E-state index contributed by atoms with van der Waals surface area (Å²) in [4.78, 5) is 13.6. The number of hydrogen-bond acceptors (Lipinski definition) is 3. The summed E-state index contributed by atoms with van der Waals surface area (Å²) in [5.74, 6) is 0.199. The zero-order chi connectivity index (χ0) is 14.4. The number of nitrogens with one attached hydrogen (secondary N) is 2. The van der Waals surface area contributed by atoms with Gasteiger partial charge in [0.25, 0.3) is 0 Å². The Morgan fingerprint density at radius 1 is 1.38 bits per heavy atom. The van der Waals surface area contributed by atoms with Crippen LogP contribution in [0.15, 0.2) is 17.5 Å². The van der Waals surface area contributed by atoms with E-state index in [-0.39, 0.29) is 29.6 Å². The maximum Gasteiger partial charge on any atom is 0.224 e. The molecule has 1 saturated carbocycles. The summed E-state index contributed by atoms with van der Waals surface area (Å²) < 4.78 is 0. The van der Waals surface area contributed by atoms with Crippen LogP contribution in [0.25, 0.3) is 0 Å². The molecule has 1 aliphatic rings. The average molecular weight is 331 g/mol. The van der Waals surface area contributed by atoms with E-state index < -0.39 is 0 Å². The van der Waals surface area contributed by atoms with Crippen LogP contribution in [0.2, 0.25) is 0 Å². The molecule has 0 bridgehead atoms. The zero-order valence-electron chi connectivity index (χ0n) is 13.0. The summed E-state index contributed by atoms with van der Waals surface area (Å²) in [5.41, 5.74) is 0.182. The lowest BCUT2D eigenvalue weighted by Gasteiger charge is -2.37. The first kappa shape index (κ1) is 18.5. The van der Waals surface area contributed by atoms with Crippen molar-refractivity contribution in [2.24, 2.45) is 5.92 Å². The Kier molecular flexibility index (Phi) is 7.71. The van der Waals surface area contributed by atoms with Crippen molar-refractivity contribution in [2.75, 3.05) is 20.1 Å². The minimum absolute atomic E-state index is 0. The molecule has 1 amide bonds. The van der Waals surface area contributed by atoms with E-state index in [1.54, 1.807) is 0 Å². The number of thiophene rings is 1. The van der Waals surface area contributed by atoms with Crippen LogP contribution in [0.4, 0.5) is 0 Å². The van der Waals surface area contributed by atoms with E-state index in [0.29, 0.717) is 0 Å². The second-order valence-corrected chi connectivity index (χ2v) is 6.94. The molecule has 1 aromatic heterocycles. The van der Waals surface area contributed by atoms with Crippen LogP contribution in [0.1, 0.15) is 43.9 Å². The average Bonchev–Trinajstić information content (AvgIpc) is 3.01. The van der Waals surface area contributed by atoms with Gasteiger partial charge in [0.1, 0.15) is 0 Å². The van der Waals surface area contributed by atoms with E-state index in [1.165, 1.54) is 37.0 Å². The topological polar surface area (TPSA) is 41.1 Å². The van der Waals surface area contributed by atoms with E-state index in [2.05, 4.69) is 28.1 Å². The van der Waals surface area contributed by atoms with Crippen molar-refractivity contribution in [3.05, 3.63) is 22.4 Å². The Labute approximate surface area is 138 Å². The Hall–Kier alpha value is -0.580. The second kappa shape index (κ2) is 8.76. The molecule has 0 aromatic carbocycles. The molecule has 21 heavy (non-hydrogen) atoms. The minimum Gasteiger partial charge on any atom is -0.355 e. The largest absolute Gasteiger partial charge is 0.355 e. The molecule has 0 aliphatic heterocycles. The van der Waals surface area contributed by atoms with Crippen molar-refractivity contribution in [3.8, 4) is 0 Å². The molecule has 1 atom stereocenters. The van der Waals surface area contributed by atoms with Gasteiger partial charge in [-0.2, -0.15) is 0 Å². The van der Waals surface area contributed by atoms with Crippen LogP contribution in [0.5, 0.6) is 0 Å². The minimum atomic E-state index is 0. The molecule has 2 N–H and O–H groups in total. The van der Waals surface area contributed by atoms with Crippen LogP contribution >= 0.6 is 23.7 Å². The number of halogens is 1. The fraction of sp³-hybridized carbons (Fsp3) is 0.688. The molecule has 1 fully saturated rings. The van der Waals surface area contributed by atoms with E-state index in [0.717, 1.165) is 13.1 Å². The van der Waals surface area contributed by atoms with Gasteiger partial charge in [-0.25, -0.2) is 0 Å². The molecule has 1 heterocycles. The van der Waals surface area contributed by atoms with E-state index in [9.17, 15) is 4.79 Å². The first-order valence-corrected chi connectivity index (χ1v) is 8.52. The van der Waals surface area contributed by atoms with Gasteiger partial charge in [0, 0.05) is 29.3 Å². The van der Waals surface area contributed by atoms with Crippen molar-refractivity contribution in [2.45, 2.75) is 44.4 Å². The quantitative estimate of drug-likeness (QED) is 0.840. The molecule has 0 spiro atoms. The van der Waals surface area contributed by atoms with Gasteiger partial charge in [0.2, 0.25) is 5.91 Å². The first-order valence-electron chi connectivity index (χ1n) is 7.64. The fourth-order valence-electron chi connectivity index (χ4n) is 3.15. The lowest BCUT2D eigenvalue weighted by Crippen LogP contribution is -2.44. The van der Waals surface area contributed by atoms with Crippen LogP contribution in [-0.4, -0.2) is 26.0 Å². The highest BCUT2D eigenvalue weighted by atomic mass is 35.5. The van der Waals surface area contributed by atoms with Crippen LogP contribution in [0.3, 0.4) is 0 Å². The summed E-state index contributed by atoms with van der Waals surface area (Å²) in [6, 6.07) is 4.36. The van der Waals surface area contributed by atoms with Gasteiger partial charge in [0.05, 0.1) is 0 Å². The number of carbonyl (C=O) groups excluding carboxylic acids is 1. The molecule has 1 unspecified atom stereocenters. The number of amides is 1. The summed E-state index contributed by atoms with van der Waals surface area (Å²) in [6.45, 7) is 3.50. The summed E-state index contributed by atoms with van der Waals surface area (Å²) in [5, 5.41) is 8.41. The van der Waals surface area contributed by atoms with Gasteiger partial charge >= 0.3 is 0 Å². The standard InChI is InChI=1S/C16H26N2OS.ClH/c1-13(11-17-2)15(19)18-12-16(8-4-3-5-9-16)14-7-6-10-20-14;/h6-7,10,13,17H,3-5,8-9,11-12H2,1-2H3,(H,18,19);1H. The maximum absolute atomic E-state index is 12.1. The van der Waals surface area contributed by atoms with Crippen LogP contribution < -0.4 is 10.6 Å². The van der Waals surface area contributed by atoms with E-state index in [4.69, 9.17) is 0 Å². The molecule has 1 aliphatic carbocycles. The summed E-state index contributed by atoms with van der Waals surface area (Å²) in [7, 11) is 1.89. The van der Waals surface area contributed by atoms with Crippen molar-refractivity contribution in [3.63, 3.8) is 0 Å². The van der Waals surface area contributed by atoms with E-state index in [1.807, 2.05) is 25.3 Å². The third-order valence-corrected chi connectivity index (χ3v) is 5.53. The Balaban J connectivity index is 0.00000220. The van der Waals surface area contributed by atoms with Gasteiger partial charge in [-0.15, -0.1) is 23.7 Å². The molecule has 120 valence electrons. The smallest absolute Gasteiger partial charge is 0.224 e. The van der Waals surface area contributed by atoms with Gasteiger partial charge in [0.15, 0.2) is 0 Å². The maximum atomic E-state index is 12.1. The highest BCUT2D eigenvalue weighted by molar-refractivity contribution is 7.10. The molecule has 3 nitrogen and oxygen atoms in total. The number of hydrogen-bond donors (Lipinski definition) is 2. The third-order valence-electron chi connectivity index (χ3n) is 4.41. The predicted molar refractivity (Wildman–Crippen MR) is 92.4 cm³/mol. The second-order valence-electron chi connectivity index (χ2n) is 5.99. The van der Waals surface area contributed by atoms with Crippen LogP contribution in [0, 0.1) is 5.92 Å². The monoisotopic (exact) mass is 330 g/mol. The van der Waals surface area contributed by atoms with Crippen molar-refractivity contribution >= 4 is 29.7 Å². The Morgan fingerprint density at radius 3 is 2.67 bits per heavy atom. The Bertz CT molecular complexity index is 416. The molecule has 1 aromatic rings. The highest BCUT2D eigenvalue weighted by Gasteiger charge is 2.35. The molecule has 0 saturated heterocycles. The number of carbonyl (C=O) groups is 1. The SMILES string of the molecule is CNCC(C)C(=O)NCC1(c2cccs2)CCCCC1.Cl. The van der Waals surface area contributed by atoms with Gasteiger partial charge in [-0.05, 0) is 31.3 Å². The normalized spacial score (nSPS) is 18.6. The highest BCUT2D eigenvalue weighted by Crippen LogP contribution is 2.41. The van der Waals surface area contributed by atoms with Crippen molar-refractivity contribution in [1.29, 1.82) is 0 Å². The summed E-state index contributed by atoms with van der Waals surface area (Å²) >= 11 is 1.83. The molecule has 0 radical (unpaired) electrons. The van der Waals surface area contributed by atoms with E-state index >= 15 is 0 Å². The van der Waals surface area contributed by atoms with Gasteiger partial charge in [-0.3, -0.25) is 4.79 Å².